The van der Waals surface area contributed by atoms with Gasteiger partial charge in [-0.15, -0.1) is 0 Å². The number of nitrogens with one attached hydrogen (secondary N) is 2. The molecule has 120 valence electrons. The van der Waals surface area contributed by atoms with E-state index in [1.807, 2.05) is 32.0 Å². The van der Waals surface area contributed by atoms with Crippen molar-refractivity contribution in [1.29, 1.82) is 0 Å². The van der Waals surface area contributed by atoms with Gasteiger partial charge in [0.25, 0.3) is 0 Å². The maximum atomic E-state index is 11.9. The summed E-state index contributed by atoms with van der Waals surface area (Å²) in [6.07, 6.45) is 0.536. The van der Waals surface area contributed by atoms with Gasteiger partial charge in [-0.3, -0.25) is 0 Å². The summed E-state index contributed by atoms with van der Waals surface area (Å²) in [4.78, 5) is 21.6. The molecule has 0 saturated carbocycles. The van der Waals surface area contributed by atoms with Crippen LogP contribution in [0.1, 0.15) is 29.7 Å². The minimum Gasteiger partial charge on any atom is -0.396 e. The topological polar surface area (TPSA) is 79.8 Å². The second kappa shape index (κ2) is 7.40. The molecule has 1 aromatic carbocycles. The summed E-state index contributed by atoms with van der Waals surface area (Å²) in [5.74, 6) is 0. The number of carbonyl (C=O) groups is 1. The Balaban J connectivity index is 2.48. The minimum atomic E-state index is -0.299. The number of carbonyl (C=O) groups excluding carboxylic acids is 1. The average Bonchev–Trinajstić information content (AvgIpc) is 2.46. The largest absolute Gasteiger partial charge is 0.396 e. The Kier molecular flexibility index (Phi) is 5.54. The normalized spacial score (nSPS) is 18.2. The molecular formula is C16H22N2O4. The van der Waals surface area contributed by atoms with E-state index < -0.39 is 0 Å². The van der Waals surface area contributed by atoms with E-state index in [4.69, 9.17) is 9.78 Å². The minimum absolute atomic E-state index is 0.0575. The van der Waals surface area contributed by atoms with E-state index in [-0.39, 0.29) is 25.3 Å². The third-order valence-corrected chi connectivity index (χ3v) is 3.82. The van der Waals surface area contributed by atoms with Gasteiger partial charge in [0.2, 0.25) is 0 Å². The second-order valence-corrected chi connectivity index (χ2v) is 5.23. The zero-order chi connectivity index (χ0) is 16.1. The van der Waals surface area contributed by atoms with Crippen LogP contribution in [0, 0.1) is 6.92 Å². The molecule has 1 aromatic rings. The lowest BCUT2D eigenvalue weighted by molar-refractivity contribution is -0.266. The molecule has 1 aliphatic heterocycles. The predicted octanol–water partition coefficient (Wildman–Crippen LogP) is 1.74. The second-order valence-electron chi connectivity index (χ2n) is 5.23. The van der Waals surface area contributed by atoms with Crippen LogP contribution < -0.4 is 10.6 Å². The van der Waals surface area contributed by atoms with Crippen molar-refractivity contribution < 1.29 is 19.7 Å². The molecule has 3 N–H and O–H groups in total. The highest BCUT2D eigenvalue weighted by Crippen LogP contribution is 2.31. The lowest BCUT2D eigenvalue weighted by Crippen LogP contribution is -2.44. The molecule has 0 bridgehead atoms. The van der Waals surface area contributed by atoms with Crippen LogP contribution >= 0.6 is 0 Å². The van der Waals surface area contributed by atoms with Gasteiger partial charge in [0.15, 0.2) is 0 Å². The third kappa shape index (κ3) is 3.47. The zero-order valence-electron chi connectivity index (χ0n) is 13.1. The number of hydrogen-bond donors (Lipinski definition) is 3. The number of aliphatic hydroxyl groups excluding tert-OH is 1. The van der Waals surface area contributed by atoms with E-state index in [1.165, 1.54) is 7.11 Å². The highest BCUT2D eigenvalue weighted by molar-refractivity contribution is 5.79. The summed E-state index contributed by atoms with van der Waals surface area (Å²) in [6.45, 7) is 4.13. The van der Waals surface area contributed by atoms with Gasteiger partial charge in [0.1, 0.15) is 6.61 Å². The molecule has 1 atom stereocenters. The highest BCUT2D eigenvalue weighted by atomic mass is 17.2. The fourth-order valence-corrected chi connectivity index (χ4v) is 2.77. The van der Waals surface area contributed by atoms with E-state index in [0.29, 0.717) is 6.42 Å². The molecule has 6 nitrogen and oxygen atoms in total. The maximum Gasteiger partial charge on any atom is 0.319 e. The fourth-order valence-electron chi connectivity index (χ4n) is 2.77. The van der Waals surface area contributed by atoms with Gasteiger partial charge < -0.3 is 15.7 Å². The molecule has 0 spiro atoms. The van der Waals surface area contributed by atoms with Crippen molar-refractivity contribution in [2.45, 2.75) is 26.3 Å². The average molecular weight is 306 g/mol. The van der Waals surface area contributed by atoms with E-state index >= 15 is 0 Å². The molecular weight excluding hydrogens is 284 g/mol. The van der Waals surface area contributed by atoms with Crippen LogP contribution in [0.5, 0.6) is 0 Å². The van der Waals surface area contributed by atoms with Gasteiger partial charge in [-0.25, -0.2) is 14.6 Å². The number of rotatable bonds is 6. The summed E-state index contributed by atoms with van der Waals surface area (Å²) in [6, 6.07) is 5.37. The van der Waals surface area contributed by atoms with Crippen molar-refractivity contribution in [2.75, 3.05) is 20.3 Å². The first kappa shape index (κ1) is 16.5. The third-order valence-electron chi connectivity index (χ3n) is 3.82. The Labute approximate surface area is 130 Å². The molecule has 2 rings (SSSR count). The molecule has 6 heteroatoms. The van der Waals surface area contributed by atoms with Gasteiger partial charge in [0.05, 0.1) is 13.2 Å². The zero-order valence-corrected chi connectivity index (χ0v) is 13.1. The molecule has 0 saturated heterocycles. The Morgan fingerprint density at radius 1 is 1.32 bits per heavy atom. The van der Waals surface area contributed by atoms with Crippen LogP contribution in [0.3, 0.4) is 0 Å². The maximum absolute atomic E-state index is 11.9. The summed E-state index contributed by atoms with van der Waals surface area (Å²) in [5.41, 5.74) is 4.72. The number of benzene rings is 1. The van der Waals surface area contributed by atoms with Crippen LogP contribution in [0.4, 0.5) is 4.79 Å². The Hall–Kier alpha value is -1.89. The Bertz CT molecular complexity index is 584. The smallest absolute Gasteiger partial charge is 0.319 e. The van der Waals surface area contributed by atoms with Gasteiger partial charge in [0, 0.05) is 17.9 Å². The lowest BCUT2D eigenvalue weighted by Gasteiger charge is -2.31. The first-order valence-electron chi connectivity index (χ1n) is 7.20. The summed E-state index contributed by atoms with van der Waals surface area (Å²) >= 11 is 0. The summed E-state index contributed by atoms with van der Waals surface area (Å²) in [7, 11) is 1.45. The summed E-state index contributed by atoms with van der Waals surface area (Å²) < 4.78 is 0. The van der Waals surface area contributed by atoms with Crippen molar-refractivity contribution in [2.24, 2.45) is 0 Å². The van der Waals surface area contributed by atoms with E-state index in [2.05, 4.69) is 10.6 Å². The molecule has 2 amide bonds. The van der Waals surface area contributed by atoms with Crippen molar-refractivity contribution in [3.8, 4) is 0 Å². The van der Waals surface area contributed by atoms with Gasteiger partial charge in [-0.2, -0.15) is 0 Å². The van der Waals surface area contributed by atoms with Gasteiger partial charge >= 0.3 is 6.03 Å². The van der Waals surface area contributed by atoms with Crippen LogP contribution in [-0.4, -0.2) is 31.5 Å². The van der Waals surface area contributed by atoms with E-state index in [1.54, 1.807) is 0 Å². The Morgan fingerprint density at radius 2 is 2.09 bits per heavy atom. The monoisotopic (exact) mass is 306 g/mol. The van der Waals surface area contributed by atoms with Crippen molar-refractivity contribution >= 4 is 6.03 Å². The fraction of sp³-hybridized carbons (Fsp3) is 0.438. The SMILES string of the molecule is COOCC1=C(C)NC(=O)NC1c1c(C)cccc1CCO. The number of allylic oxidation sites excluding steroid dienone is 1. The van der Waals surface area contributed by atoms with Crippen LogP contribution in [0.15, 0.2) is 29.5 Å². The van der Waals surface area contributed by atoms with Gasteiger partial charge in [-0.05, 0) is 37.0 Å². The van der Waals surface area contributed by atoms with Crippen LogP contribution in [0.25, 0.3) is 0 Å². The molecule has 1 aliphatic rings. The van der Waals surface area contributed by atoms with Crippen LogP contribution in [-0.2, 0) is 16.2 Å². The first-order valence-corrected chi connectivity index (χ1v) is 7.20. The highest BCUT2D eigenvalue weighted by Gasteiger charge is 2.29. The lowest BCUT2D eigenvalue weighted by atomic mass is 9.88. The van der Waals surface area contributed by atoms with Crippen molar-refractivity contribution in [3.63, 3.8) is 0 Å². The summed E-state index contributed by atoms with van der Waals surface area (Å²) in [5, 5.41) is 15.0. The standard InChI is InChI=1S/C16H22N2O4/c1-10-5-4-6-12(7-8-19)14(10)15-13(9-22-21-3)11(2)17-16(20)18-15/h4-6,15,19H,7-9H2,1-3H3,(H2,17,18,20). The van der Waals surface area contributed by atoms with E-state index in [9.17, 15) is 9.90 Å². The van der Waals surface area contributed by atoms with E-state index in [0.717, 1.165) is 28.0 Å². The predicted molar refractivity (Wildman–Crippen MR) is 82.0 cm³/mol. The molecule has 0 fully saturated rings. The molecule has 0 aromatic heterocycles. The molecule has 0 radical (unpaired) electrons. The molecule has 1 unspecified atom stereocenters. The quantitative estimate of drug-likeness (QED) is 0.552. The first-order chi connectivity index (χ1) is 10.6. The number of amides is 2. The Morgan fingerprint density at radius 3 is 2.77 bits per heavy atom. The van der Waals surface area contributed by atoms with Crippen molar-refractivity contribution in [1.82, 2.24) is 10.6 Å². The molecule has 22 heavy (non-hydrogen) atoms. The number of hydrogen-bond acceptors (Lipinski definition) is 4. The van der Waals surface area contributed by atoms with Crippen molar-refractivity contribution in [3.05, 3.63) is 46.2 Å². The number of urea groups is 1. The van der Waals surface area contributed by atoms with Gasteiger partial charge in [-0.1, -0.05) is 18.2 Å². The number of aliphatic hydroxyl groups is 1. The number of aryl methyl sites for hydroxylation is 1. The van der Waals surface area contributed by atoms with Crippen LogP contribution in [0.2, 0.25) is 0 Å². The molecule has 1 heterocycles. The molecule has 0 aliphatic carbocycles.